The summed E-state index contributed by atoms with van der Waals surface area (Å²) in [6, 6.07) is 10.3. The first-order valence-electron chi connectivity index (χ1n) is 7.04. The molecule has 0 atom stereocenters. The summed E-state index contributed by atoms with van der Waals surface area (Å²) in [6.07, 6.45) is 4.31. The van der Waals surface area contributed by atoms with E-state index in [0.29, 0.717) is 27.7 Å². The standard InChI is InChI=1S/C16H13N5O2S/c1-24(22,23)16-5-3-2-4-12(16)13-9-15-14(18-6-7-19-15)8-11(13)10-20-21-17/h2-9H,10H2,1H3. The number of rotatable bonds is 4. The van der Waals surface area contributed by atoms with Gasteiger partial charge in [-0.25, -0.2) is 8.42 Å². The van der Waals surface area contributed by atoms with Crippen LogP contribution in [0.4, 0.5) is 0 Å². The van der Waals surface area contributed by atoms with Gasteiger partial charge in [-0.1, -0.05) is 23.3 Å². The van der Waals surface area contributed by atoms with Crippen LogP contribution in [0.15, 0.2) is 58.8 Å². The van der Waals surface area contributed by atoms with Crippen molar-refractivity contribution in [1.82, 2.24) is 9.97 Å². The van der Waals surface area contributed by atoms with Crippen LogP contribution in [-0.4, -0.2) is 24.6 Å². The second-order valence-electron chi connectivity index (χ2n) is 5.21. The van der Waals surface area contributed by atoms with Crippen LogP contribution in [0.5, 0.6) is 0 Å². The number of nitrogens with zero attached hydrogens (tertiary/aromatic N) is 5. The largest absolute Gasteiger partial charge is 0.253 e. The molecule has 0 amide bonds. The molecule has 1 aromatic heterocycles. The molecule has 0 aliphatic heterocycles. The Morgan fingerprint density at radius 2 is 1.75 bits per heavy atom. The Bertz CT molecular complexity index is 1070. The molecule has 24 heavy (non-hydrogen) atoms. The van der Waals surface area contributed by atoms with Gasteiger partial charge in [0.2, 0.25) is 0 Å². The highest BCUT2D eigenvalue weighted by Gasteiger charge is 2.17. The monoisotopic (exact) mass is 339 g/mol. The fraction of sp³-hybridized carbons (Fsp3) is 0.125. The predicted octanol–water partition coefficient (Wildman–Crippen LogP) is 3.51. The molecule has 3 aromatic rings. The van der Waals surface area contributed by atoms with E-state index in [2.05, 4.69) is 20.0 Å². The summed E-state index contributed by atoms with van der Waals surface area (Å²) in [5, 5.41) is 3.61. The van der Waals surface area contributed by atoms with E-state index >= 15 is 0 Å². The Morgan fingerprint density at radius 3 is 2.42 bits per heavy atom. The zero-order valence-electron chi connectivity index (χ0n) is 12.8. The molecule has 0 unspecified atom stereocenters. The van der Waals surface area contributed by atoms with Crippen molar-refractivity contribution in [3.8, 4) is 11.1 Å². The number of azide groups is 1. The highest BCUT2D eigenvalue weighted by molar-refractivity contribution is 7.90. The SMILES string of the molecule is CS(=O)(=O)c1ccccc1-c1cc2nccnc2cc1CN=[N+]=[N-]. The van der Waals surface area contributed by atoms with Crippen molar-refractivity contribution in [3.63, 3.8) is 0 Å². The molecule has 3 rings (SSSR count). The van der Waals surface area contributed by atoms with Crippen molar-refractivity contribution in [2.75, 3.05) is 6.26 Å². The smallest absolute Gasteiger partial charge is 0.176 e. The molecule has 0 fully saturated rings. The molecule has 8 heteroatoms. The van der Waals surface area contributed by atoms with E-state index in [1.54, 1.807) is 48.8 Å². The number of hydrogen-bond donors (Lipinski definition) is 0. The minimum atomic E-state index is -3.41. The minimum absolute atomic E-state index is 0.0937. The van der Waals surface area contributed by atoms with Gasteiger partial charge in [-0.05, 0) is 34.9 Å². The van der Waals surface area contributed by atoms with E-state index in [9.17, 15) is 8.42 Å². The molecule has 7 nitrogen and oxygen atoms in total. The lowest BCUT2D eigenvalue weighted by Crippen LogP contribution is -2.01. The van der Waals surface area contributed by atoms with Gasteiger partial charge in [-0.15, -0.1) is 0 Å². The lowest BCUT2D eigenvalue weighted by molar-refractivity contribution is 0.602. The van der Waals surface area contributed by atoms with Crippen molar-refractivity contribution in [3.05, 3.63) is 64.8 Å². The maximum absolute atomic E-state index is 12.1. The zero-order chi connectivity index (χ0) is 17.2. The van der Waals surface area contributed by atoms with Crippen LogP contribution in [0.3, 0.4) is 0 Å². The Morgan fingerprint density at radius 1 is 1.08 bits per heavy atom. The van der Waals surface area contributed by atoms with Gasteiger partial charge in [0.15, 0.2) is 9.84 Å². The van der Waals surface area contributed by atoms with Crippen LogP contribution in [0.25, 0.3) is 32.6 Å². The highest BCUT2D eigenvalue weighted by Crippen LogP contribution is 2.32. The van der Waals surface area contributed by atoms with Crippen molar-refractivity contribution >= 4 is 20.9 Å². The lowest BCUT2D eigenvalue weighted by Gasteiger charge is -2.13. The highest BCUT2D eigenvalue weighted by atomic mass is 32.2. The molecule has 120 valence electrons. The third-order valence-corrected chi connectivity index (χ3v) is 4.73. The van der Waals surface area contributed by atoms with E-state index in [1.165, 1.54) is 6.26 Å². The average molecular weight is 339 g/mol. The maximum atomic E-state index is 12.1. The molecule has 0 spiro atoms. The van der Waals surface area contributed by atoms with E-state index in [0.717, 1.165) is 0 Å². The van der Waals surface area contributed by atoms with Gasteiger partial charge in [0.25, 0.3) is 0 Å². The molecule has 0 N–H and O–H groups in total. The van der Waals surface area contributed by atoms with Gasteiger partial charge in [-0.2, -0.15) is 0 Å². The molecule has 0 saturated carbocycles. The molecular formula is C16H13N5O2S. The van der Waals surface area contributed by atoms with E-state index in [4.69, 9.17) is 5.53 Å². The third kappa shape index (κ3) is 3.05. The van der Waals surface area contributed by atoms with Gasteiger partial charge < -0.3 is 0 Å². The first kappa shape index (κ1) is 15.9. The van der Waals surface area contributed by atoms with Gasteiger partial charge in [-0.3, -0.25) is 9.97 Å². The second-order valence-corrected chi connectivity index (χ2v) is 7.20. The van der Waals surface area contributed by atoms with Crippen molar-refractivity contribution in [1.29, 1.82) is 0 Å². The minimum Gasteiger partial charge on any atom is -0.253 e. The van der Waals surface area contributed by atoms with Crippen molar-refractivity contribution < 1.29 is 8.42 Å². The van der Waals surface area contributed by atoms with Gasteiger partial charge in [0.05, 0.1) is 22.5 Å². The summed E-state index contributed by atoms with van der Waals surface area (Å²) in [6.45, 7) is 0.0937. The summed E-state index contributed by atoms with van der Waals surface area (Å²) in [5.74, 6) is 0. The second kappa shape index (κ2) is 6.27. The van der Waals surface area contributed by atoms with Gasteiger partial charge in [0.1, 0.15) is 0 Å². The molecule has 0 radical (unpaired) electrons. The van der Waals surface area contributed by atoms with E-state index < -0.39 is 9.84 Å². The van der Waals surface area contributed by atoms with Crippen LogP contribution < -0.4 is 0 Å². The van der Waals surface area contributed by atoms with Crippen molar-refractivity contribution in [2.45, 2.75) is 11.4 Å². The summed E-state index contributed by atoms with van der Waals surface area (Å²) in [5.41, 5.74) is 11.8. The Kier molecular flexibility index (Phi) is 4.16. The molecule has 0 saturated heterocycles. The molecule has 0 aliphatic carbocycles. The number of benzene rings is 2. The fourth-order valence-electron chi connectivity index (χ4n) is 2.56. The fourth-order valence-corrected chi connectivity index (χ4v) is 3.46. The van der Waals surface area contributed by atoms with Crippen LogP contribution in [-0.2, 0) is 16.4 Å². The van der Waals surface area contributed by atoms with E-state index in [1.807, 2.05) is 0 Å². The van der Waals surface area contributed by atoms with E-state index in [-0.39, 0.29) is 11.4 Å². The summed E-state index contributed by atoms with van der Waals surface area (Å²) < 4.78 is 24.2. The van der Waals surface area contributed by atoms with Crippen LogP contribution >= 0.6 is 0 Å². The molecule has 2 aromatic carbocycles. The quantitative estimate of drug-likeness (QED) is 0.411. The zero-order valence-corrected chi connectivity index (χ0v) is 13.6. The first-order chi connectivity index (χ1) is 11.5. The maximum Gasteiger partial charge on any atom is 0.176 e. The van der Waals surface area contributed by atoms with Gasteiger partial charge in [0, 0.05) is 29.1 Å². The van der Waals surface area contributed by atoms with Crippen LogP contribution in [0.1, 0.15) is 5.56 Å². The van der Waals surface area contributed by atoms with Crippen LogP contribution in [0.2, 0.25) is 0 Å². The third-order valence-electron chi connectivity index (χ3n) is 3.58. The average Bonchev–Trinajstić information content (AvgIpc) is 2.58. The summed E-state index contributed by atoms with van der Waals surface area (Å²) in [4.78, 5) is 11.5. The number of fused-ring (bicyclic) bond motifs is 1. The first-order valence-corrected chi connectivity index (χ1v) is 8.94. The Labute approximate surface area is 138 Å². The van der Waals surface area contributed by atoms with Crippen molar-refractivity contribution in [2.24, 2.45) is 5.11 Å². The Balaban J connectivity index is 2.34. The summed E-state index contributed by atoms with van der Waals surface area (Å²) >= 11 is 0. The predicted molar refractivity (Wildman–Crippen MR) is 90.9 cm³/mol. The molecule has 0 bridgehead atoms. The Hall–Kier alpha value is -2.96. The molecule has 1 heterocycles. The topological polar surface area (TPSA) is 109 Å². The summed E-state index contributed by atoms with van der Waals surface area (Å²) in [7, 11) is -3.41. The lowest BCUT2D eigenvalue weighted by atomic mass is 9.98. The molecule has 0 aliphatic rings. The number of hydrogen-bond acceptors (Lipinski definition) is 5. The normalized spacial score (nSPS) is 11.2. The van der Waals surface area contributed by atoms with Crippen LogP contribution in [0, 0.1) is 0 Å². The number of sulfone groups is 1. The molecular weight excluding hydrogens is 326 g/mol. The van der Waals surface area contributed by atoms with Gasteiger partial charge >= 0.3 is 0 Å². The number of aromatic nitrogens is 2.